The number of guanidine groups is 1. The van der Waals surface area contributed by atoms with Crippen LogP contribution in [-0.4, -0.2) is 62.0 Å². The van der Waals surface area contributed by atoms with Gasteiger partial charge in [-0.2, -0.15) is 0 Å². The molecule has 0 saturated carbocycles. The average Bonchev–Trinajstić information content (AvgIpc) is 3.29. The van der Waals surface area contributed by atoms with Gasteiger partial charge < -0.3 is 19.9 Å². The first kappa shape index (κ1) is 22.3. The molecule has 1 unspecified atom stereocenters. The van der Waals surface area contributed by atoms with Gasteiger partial charge in [0, 0.05) is 44.4 Å². The van der Waals surface area contributed by atoms with Crippen molar-refractivity contribution in [3.63, 3.8) is 0 Å². The molecular formula is C23H35N5O2. The number of aliphatic imine (C=N–C) groups is 1. The highest BCUT2D eigenvalue weighted by Crippen LogP contribution is 2.20. The summed E-state index contributed by atoms with van der Waals surface area (Å²) in [6.45, 7) is 9.61. The van der Waals surface area contributed by atoms with Crippen LogP contribution >= 0.6 is 0 Å². The first-order valence-electron chi connectivity index (χ1n) is 11.0. The van der Waals surface area contributed by atoms with Crippen LogP contribution in [0.25, 0.3) is 11.3 Å². The number of nitrogens with zero attached hydrogens (tertiary/aromatic N) is 3. The fraction of sp³-hybridized carbons (Fsp3) is 0.565. The number of aromatic nitrogens is 1. The highest BCUT2D eigenvalue weighted by atomic mass is 16.5. The van der Waals surface area contributed by atoms with Crippen molar-refractivity contribution in [1.29, 1.82) is 0 Å². The first-order chi connectivity index (χ1) is 14.7. The van der Waals surface area contributed by atoms with Gasteiger partial charge >= 0.3 is 0 Å². The lowest BCUT2D eigenvalue weighted by molar-refractivity contribution is 0.00272. The van der Waals surface area contributed by atoms with Crippen LogP contribution in [0.3, 0.4) is 0 Å². The predicted octanol–water partition coefficient (Wildman–Crippen LogP) is 3.14. The predicted molar refractivity (Wildman–Crippen MR) is 120 cm³/mol. The van der Waals surface area contributed by atoms with E-state index in [2.05, 4.69) is 39.5 Å². The zero-order valence-electron chi connectivity index (χ0n) is 18.4. The number of ether oxygens (including phenoxy) is 1. The quantitative estimate of drug-likeness (QED) is 0.486. The van der Waals surface area contributed by atoms with Gasteiger partial charge in [-0.3, -0.25) is 9.89 Å². The van der Waals surface area contributed by atoms with Gasteiger partial charge in [-0.15, -0.1) is 0 Å². The maximum absolute atomic E-state index is 5.55. The molecule has 0 amide bonds. The number of hydrogen-bond acceptors (Lipinski definition) is 5. The Kier molecular flexibility index (Phi) is 8.71. The molecule has 1 aromatic heterocycles. The summed E-state index contributed by atoms with van der Waals surface area (Å²) in [5.41, 5.74) is 1.87. The molecule has 3 rings (SSSR count). The number of morpholine rings is 1. The van der Waals surface area contributed by atoms with Gasteiger partial charge in [-0.25, -0.2) is 0 Å². The van der Waals surface area contributed by atoms with Gasteiger partial charge in [0.1, 0.15) is 5.69 Å². The molecule has 1 aliphatic heterocycles. The molecule has 7 heteroatoms. The van der Waals surface area contributed by atoms with E-state index < -0.39 is 0 Å². The van der Waals surface area contributed by atoms with Crippen molar-refractivity contribution in [2.75, 3.05) is 39.9 Å². The van der Waals surface area contributed by atoms with Crippen LogP contribution in [-0.2, 0) is 11.3 Å². The summed E-state index contributed by atoms with van der Waals surface area (Å²) in [5.74, 6) is 2.21. The molecule has 2 aromatic rings. The number of benzene rings is 1. The Hall–Kier alpha value is -2.38. The molecule has 0 aliphatic carbocycles. The largest absolute Gasteiger partial charge is 0.379 e. The third kappa shape index (κ3) is 6.06. The van der Waals surface area contributed by atoms with Gasteiger partial charge in [-0.05, 0) is 5.92 Å². The Morgan fingerprint density at radius 1 is 1.13 bits per heavy atom. The number of nitrogens with one attached hydrogen (secondary N) is 2. The van der Waals surface area contributed by atoms with Crippen LogP contribution in [0.4, 0.5) is 0 Å². The van der Waals surface area contributed by atoms with E-state index in [1.54, 1.807) is 7.05 Å². The fourth-order valence-electron chi connectivity index (χ4n) is 4.07. The maximum Gasteiger partial charge on any atom is 0.191 e. The van der Waals surface area contributed by atoms with Crippen LogP contribution in [0.1, 0.15) is 32.4 Å². The third-order valence-corrected chi connectivity index (χ3v) is 5.86. The molecule has 2 N–H and O–H groups in total. The lowest BCUT2D eigenvalue weighted by Crippen LogP contribution is -2.53. The Bertz CT molecular complexity index is 767. The van der Waals surface area contributed by atoms with E-state index in [1.165, 1.54) is 12.8 Å². The Morgan fingerprint density at radius 2 is 1.87 bits per heavy atom. The van der Waals surface area contributed by atoms with Crippen molar-refractivity contribution < 1.29 is 9.26 Å². The normalized spacial score (nSPS) is 16.6. The van der Waals surface area contributed by atoms with Crippen LogP contribution in [0.5, 0.6) is 0 Å². The van der Waals surface area contributed by atoms with Gasteiger partial charge in [0.2, 0.25) is 0 Å². The molecule has 7 nitrogen and oxygen atoms in total. The maximum atomic E-state index is 5.55. The minimum atomic E-state index is 0.471. The fourth-order valence-corrected chi connectivity index (χ4v) is 4.07. The van der Waals surface area contributed by atoms with E-state index in [9.17, 15) is 0 Å². The molecule has 0 spiro atoms. The highest BCUT2D eigenvalue weighted by molar-refractivity contribution is 5.79. The van der Waals surface area contributed by atoms with Gasteiger partial charge in [0.25, 0.3) is 0 Å². The Morgan fingerprint density at radius 3 is 2.53 bits per heavy atom. The van der Waals surface area contributed by atoms with Crippen LogP contribution in [0.15, 0.2) is 45.9 Å². The second-order valence-corrected chi connectivity index (χ2v) is 7.65. The van der Waals surface area contributed by atoms with E-state index in [1.807, 2.05) is 36.4 Å². The zero-order chi connectivity index (χ0) is 21.2. The molecule has 164 valence electrons. The lowest BCUT2D eigenvalue weighted by atomic mass is 9.92. The molecule has 1 saturated heterocycles. The summed E-state index contributed by atoms with van der Waals surface area (Å²) in [7, 11) is 1.80. The monoisotopic (exact) mass is 413 g/mol. The molecule has 30 heavy (non-hydrogen) atoms. The summed E-state index contributed by atoms with van der Waals surface area (Å²) in [4.78, 5) is 6.95. The molecule has 1 fully saturated rings. The summed E-state index contributed by atoms with van der Waals surface area (Å²) >= 11 is 0. The molecule has 1 aliphatic rings. The van der Waals surface area contributed by atoms with Crippen molar-refractivity contribution in [3.8, 4) is 11.3 Å². The first-order valence-corrected chi connectivity index (χ1v) is 11.0. The third-order valence-electron chi connectivity index (χ3n) is 5.86. The minimum absolute atomic E-state index is 0.471. The topological polar surface area (TPSA) is 74.9 Å². The smallest absolute Gasteiger partial charge is 0.191 e. The second kappa shape index (κ2) is 11.7. The molecule has 0 radical (unpaired) electrons. The van der Waals surface area contributed by atoms with E-state index in [-0.39, 0.29) is 0 Å². The molecule has 0 bridgehead atoms. The van der Waals surface area contributed by atoms with E-state index >= 15 is 0 Å². The van der Waals surface area contributed by atoms with Crippen molar-refractivity contribution in [2.45, 2.75) is 39.3 Å². The minimum Gasteiger partial charge on any atom is -0.379 e. The van der Waals surface area contributed by atoms with E-state index in [0.717, 1.165) is 55.8 Å². The highest BCUT2D eigenvalue weighted by Gasteiger charge is 2.27. The number of rotatable bonds is 9. The van der Waals surface area contributed by atoms with Crippen LogP contribution < -0.4 is 10.6 Å². The molecule has 1 aromatic carbocycles. The summed E-state index contributed by atoms with van der Waals surface area (Å²) in [5, 5.41) is 11.1. The number of hydrogen-bond donors (Lipinski definition) is 2. The van der Waals surface area contributed by atoms with E-state index in [4.69, 9.17) is 9.26 Å². The Labute approximate surface area is 179 Å². The molecule has 1 atom stereocenters. The SMILES string of the molecule is CCC(CC)C(CNC(=NC)NCc1cc(-c2ccccc2)on1)N1CCOCC1. The van der Waals surface area contributed by atoms with Crippen molar-refractivity contribution in [3.05, 3.63) is 42.1 Å². The zero-order valence-corrected chi connectivity index (χ0v) is 18.4. The van der Waals surface area contributed by atoms with Gasteiger partial charge in [-0.1, -0.05) is 62.2 Å². The van der Waals surface area contributed by atoms with Crippen LogP contribution in [0.2, 0.25) is 0 Å². The average molecular weight is 414 g/mol. The summed E-state index contributed by atoms with van der Waals surface area (Å²) < 4.78 is 11.0. The van der Waals surface area contributed by atoms with E-state index in [0.29, 0.717) is 18.5 Å². The molecule has 2 heterocycles. The summed E-state index contributed by atoms with van der Waals surface area (Å²) in [6, 6.07) is 12.4. The summed E-state index contributed by atoms with van der Waals surface area (Å²) in [6.07, 6.45) is 2.35. The van der Waals surface area contributed by atoms with Crippen molar-refractivity contribution >= 4 is 5.96 Å². The Balaban J connectivity index is 1.54. The van der Waals surface area contributed by atoms with Gasteiger partial charge in [0.05, 0.1) is 19.8 Å². The van der Waals surface area contributed by atoms with Crippen molar-refractivity contribution in [1.82, 2.24) is 20.7 Å². The van der Waals surface area contributed by atoms with Crippen LogP contribution in [0, 0.1) is 5.92 Å². The molecular weight excluding hydrogens is 378 g/mol. The van der Waals surface area contributed by atoms with Gasteiger partial charge in [0.15, 0.2) is 11.7 Å². The second-order valence-electron chi connectivity index (χ2n) is 7.65. The lowest BCUT2D eigenvalue weighted by Gasteiger charge is -2.39. The van der Waals surface area contributed by atoms with Crippen molar-refractivity contribution in [2.24, 2.45) is 10.9 Å². The standard InChI is InChI=1S/C23H35N5O2/c1-4-18(5-2)21(28-11-13-29-14-12-28)17-26-23(24-3)25-16-20-15-22(30-27-20)19-9-7-6-8-10-19/h6-10,15,18,21H,4-5,11-14,16-17H2,1-3H3,(H2,24,25,26).